The fourth-order valence-electron chi connectivity index (χ4n) is 3.85. The number of pyridine rings is 1. The van der Waals surface area contributed by atoms with Gasteiger partial charge in [-0.3, -0.25) is 9.78 Å². The van der Waals surface area contributed by atoms with Crippen molar-refractivity contribution in [2.24, 2.45) is 5.92 Å². The molecule has 0 bridgehead atoms. The number of methoxy groups -OCH3 is 1. The Morgan fingerprint density at radius 2 is 2.14 bits per heavy atom. The van der Waals surface area contributed by atoms with Crippen LogP contribution in [0.15, 0.2) is 29.2 Å². The zero-order valence-corrected chi connectivity index (χ0v) is 16.8. The second-order valence-corrected chi connectivity index (χ2v) is 7.59. The number of benzene rings is 1. The van der Waals surface area contributed by atoms with Crippen LogP contribution in [-0.2, 0) is 0 Å². The van der Waals surface area contributed by atoms with Gasteiger partial charge in [0, 0.05) is 23.9 Å². The summed E-state index contributed by atoms with van der Waals surface area (Å²) in [4.78, 5) is 21.9. The first-order chi connectivity index (χ1) is 13.5. The molecule has 1 fully saturated rings. The average Bonchev–Trinajstić information content (AvgIpc) is 3.51. The quantitative estimate of drug-likeness (QED) is 0.608. The summed E-state index contributed by atoms with van der Waals surface area (Å²) in [5, 5.41) is 0.310. The molecule has 0 N–H and O–H groups in total. The lowest BCUT2D eigenvalue weighted by Crippen LogP contribution is -2.29. The lowest BCUT2D eigenvalue weighted by molar-refractivity contribution is 0.386. The van der Waals surface area contributed by atoms with Crippen LogP contribution in [-0.4, -0.2) is 21.6 Å². The molecule has 5 nitrogen and oxygen atoms in total. The molecule has 0 radical (unpaired) electrons. The number of hydrogen-bond acceptors (Lipinski definition) is 4. The number of rotatable bonds is 5. The number of nitrogens with zero attached hydrogens (tertiary/aromatic N) is 3. The largest absolute Gasteiger partial charge is 0.494 e. The molecule has 7 heteroatoms. The predicted octanol–water partition coefficient (Wildman–Crippen LogP) is 4.93. The molecule has 0 unspecified atom stereocenters. The molecule has 0 amide bonds. The van der Waals surface area contributed by atoms with E-state index < -0.39 is 5.82 Å². The zero-order valence-electron chi connectivity index (χ0n) is 16.0. The van der Waals surface area contributed by atoms with E-state index >= 15 is 0 Å². The number of ether oxygens (including phenoxy) is 1. The highest BCUT2D eigenvalue weighted by atomic mass is 35.5. The molecule has 2 heterocycles. The van der Waals surface area contributed by atoms with Gasteiger partial charge in [-0.1, -0.05) is 18.5 Å². The fraction of sp³-hybridized carbons (Fsp3) is 0.381. The van der Waals surface area contributed by atoms with E-state index in [1.807, 2.05) is 4.57 Å². The maximum atomic E-state index is 14.3. The third-order valence-corrected chi connectivity index (χ3v) is 5.70. The molecule has 1 atom stereocenters. The second-order valence-electron chi connectivity index (χ2n) is 7.18. The molecule has 3 aromatic rings. The van der Waals surface area contributed by atoms with Crippen LogP contribution in [0, 0.1) is 18.7 Å². The van der Waals surface area contributed by atoms with Gasteiger partial charge in [0.05, 0.1) is 23.3 Å². The number of hydrogen-bond donors (Lipinski definition) is 0. The Morgan fingerprint density at radius 3 is 2.79 bits per heavy atom. The van der Waals surface area contributed by atoms with E-state index in [1.54, 1.807) is 19.2 Å². The van der Waals surface area contributed by atoms with Gasteiger partial charge >= 0.3 is 0 Å². The highest BCUT2D eigenvalue weighted by Crippen LogP contribution is 2.42. The van der Waals surface area contributed by atoms with Gasteiger partial charge in [-0.2, -0.15) is 0 Å². The highest BCUT2D eigenvalue weighted by Gasteiger charge is 2.33. The molecule has 146 valence electrons. The molecule has 1 aliphatic carbocycles. The van der Waals surface area contributed by atoms with E-state index in [2.05, 4.69) is 16.9 Å². The second kappa shape index (κ2) is 7.17. The molecule has 0 aliphatic heterocycles. The standard InChI is InChI=1S/C21H21ClFN3O2/c1-4-16(12-5-6-12)26-17-7-8-24-19(20(17)25-11(2)21(26)27)13-9-15(23)18(28-3)10-14(13)22/h7-10,12,16H,4-6H2,1-3H3/t16-/m0/s1. The smallest absolute Gasteiger partial charge is 0.272 e. The minimum Gasteiger partial charge on any atom is -0.494 e. The van der Waals surface area contributed by atoms with Gasteiger partial charge in [0.25, 0.3) is 5.56 Å². The van der Waals surface area contributed by atoms with E-state index in [4.69, 9.17) is 16.3 Å². The topological polar surface area (TPSA) is 57.0 Å². The first kappa shape index (κ1) is 18.9. The molecule has 1 aliphatic rings. The maximum absolute atomic E-state index is 14.3. The average molecular weight is 402 g/mol. The Morgan fingerprint density at radius 1 is 1.39 bits per heavy atom. The Labute approximate surface area is 167 Å². The van der Waals surface area contributed by atoms with Crippen LogP contribution in [0.25, 0.3) is 22.3 Å². The van der Waals surface area contributed by atoms with E-state index in [9.17, 15) is 9.18 Å². The number of aromatic nitrogens is 3. The van der Waals surface area contributed by atoms with Gasteiger partial charge in [-0.15, -0.1) is 0 Å². The summed E-state index contributed by atoms with van der Waals surface area (Å²) in [6.45, 7) is 3.79. The normalized spacial score (nSPS) is 15.0. The lowest BCUT2D eigenvalue weighted by atomic mass is 10.1. The molecule has 1 saturated carbocycles. The van der Waals surface area contributed by atoms with Gasteiger partial charge < -0.3 is 9.30 Å². The fourth-order valence-corrected chi connectivity index (χ4v) is 4.09. The summed E-state index contributed by atoms with van der Waals surface area (Å²) in [5.41, 5.74) is 2.42. The van der Waals surface area contributed by atoms with Gasteiger partial charge in [-0.25, -0.2) is 9.37 Å². The molecule has 28 heavy (non-hydrogen) atoms. The number of aryl methyl sites for hydroxylation is 1. The minimum absolute atomic E-state index is 0.0646. The van der Waals surface area contributed by atoms with Crippen molar-refractivity contribution in [3.05, 3.63) is 51.3 Å². The maximum Gasteiger partial charge on any atom is 0.272 e. The van der Waals surface area contributed by atoms with Crippen LogP contribution in [0.4, 0.5) is 4.39 Å². The van der Waals surface area contributed by atoms with Crippen molar-refractivity contribution in [3.8, 4) is 17.0 Å². The van der Waals surface area contributed by atoms with Crippen molar-refractivity contribution in [2.75, 3.05) is 7.11 Å². The van der Waals surface area contributed by atoms with Crippen molar-refractivity contribution in [3.63, 3.8) is 0 Å². The third-order valence-electron chi connectivity index (χ3n) is 5.38. The first-order valence-corrected chi connectivity index (χ1v) is 9.75. The monoisotopic (exact) mass is 401 g/mol. The van der Waals surface area contributed by atoms with Crippen LogP contribution in [0.2, 0.25) is 5.02 Å². The third kappa shape index (κ3) is 3.05. The Kier molecular flexibility index (Phi) is 4.83. The SMILES string of the molecule is CC[C@@H](C1CC1)n1c(=O)c(C)nc2c(-c3cc(F)c(OC)cc3Cl)nccc21. The molecular weight excluding hydrogens is 381 g/mol. The van der Waals surface area contributed by atoms with Crippen LogP contribution in [0.5, 0.6) is 5.75 Å². The number of halogens is 2. The van der Waals surface area contributed by atoms with E-state index in [0.717, 1.165) is 19.3 Å². The van der Waals surface area contributed by atoms with E-state index in [1.165, 1.54) is 19.2 Å². The number of fused-ring (bicyclic) bond motifs is 1. The lowest BCUT2D eigenvalue weighted by Gasteiger charge is -2.21. The van der Waals surface area contributed by atoms with Crippen molar-refractivity contribution in [1.29, 1.82) is 0 Å². The van der Waals surface area contributed by atoms with Crippen LogP contribution in [0.3, 0.4) is 0 Å². The predicted molar refractivity (Wildman–Crippen MR) is 108 cm³/mol. The summed E-state index contributed by atoms with van der Waals surface area (Å²) >= 11 is 6.39. The van der Waals surface area contributed by atoms with E-state index in [0.29, 0.717) is 38.9 Å². The van der Waals surface area contributed by atoms with Crippen molar-refractivity contribution < 1.29 is 9.13 Å². The summed E-state index contributed by atoms with van der Waals surface area (Å²) < 4.78 is 21.2. The van der Waals surface area contributed by atoms with Crippen LogP contribution < -0.4 is 10.3 Å². The Hall–Kier alpha value is -2.47. The van der Waals surface area contributed by atoms with Crippen molar-refractivity contribution >= 4 is 22.6 Å². The van der Waals surface area contributed by atoms with Gasteiger partial charge in [0.15, 0.2) is 11.6 Å². The molecular formula is C21H21ClFN3O2. The molecule has 4 rings (SSSR count). The molecule has 0 saturated heterocycles. The molecule has 1 aromatic carbocycles. The Balaban J connectivity index is 2.01. The van der Waals surface area contributed by atoms with Crippen molar-refractivity contribution in [2.45, 2.75) is 39.2 Å². The summed E-state index contributed by atoms with van der Waals surface area (Å²) in [6.07, 6.45) is 4.73. The van der Waals surface area contributed by atoms with E-state index in [-0.39, 0.29) is 17.4 Å². The Bertz CT molecular complexity index is 1120. The van der Waals surface area contributed by atoms with Crippen molar-refractivity contribution in [1.82, 2.24) is 14.5 Å². The molecule has 0 spiro atoms. The van der Waals surface area contributed by atoms with Crippen LogP contribution >= 0.6 is 11.6 Å². The summed E-state index contributed by atoms with van der Waals surface area (Å²) in [7, 11) is 1.39. The van der Waals surface area contributed by atoms with Gasteiger partial charge in [-0.05, 0) is 44.2 Å². The summed E-state index contributed by atoms with van der Waals surface area (Å²) in [5.74, 6) is 0.0383. The zero-order chi connectivity index (χ0) is 20.0. The molecule has 2 aromatic heterocycles. The minimum atomic E-state index is -0.532. The first-order valence-electron chi connectivity index (χ1n) is 9.37. The summed E-state index contributed by atoms with van der Waals surface area (Å²) in [6, 6.07) is 4.64. The van der Waals surface area contributed by atoms with Gasteiger partial charge in [0.1, 0.15) is 11.2 Å². The van der Waals surface area contributed by atoms with Gasteiger partial charge in [0.2, 0.25) is 0 Å². The van der Waals surface area contributed by atoms with Crippen LogP contribution in [0.1, 0.15) is 37.9 Å². The highest BCUT2D eigenvalue weighted by molar-refractivity contribution is 6.33.